The zero-order valence-corrected chi connectivity index (χ0v) is 14.9. The van der Waals surface area contributed by atoms with E-state index in [0.717, 1.165) is 0 Å². The number of hydrogen-bond acceptors (Lipinski definition) is 0. The minimum Gasteiger partial charge on any atom is -0.0685 e. The SMILES string of the molecule is CC(C)=C1[C]=C(C2c3ccccc3-c3ccccc32)C(C(C)C)=C1. The van der Waals surface area contributed by atoms with E-state index in [1.54, 1.807) is 0 Å². The van der Waals surface area contributed by atoms with E-state index >= 15 is 0 Å². The third-order valence-corrected chi connectivity index (χ3v) is 5.16. The molecular formula is C24H23. The maximum atomic E-state index is 3.75. The van der Waals surface area contributed by atoms with Crippen molar-refractivity contribution >= 4 is 0 Å². The van der Waals surface area contributed by atoms with E-state index < -0.39 is 0 Å². The van der Waals surface area contributed by atoms with Crippen molar-refractivity contribution < 1.29 is 0 Å². The van der Waals surface area contributed by atoms with Gasteiger partial charge < -0.3 is 0 Å². The molecule has 2 aromatic rings. The molecule has 0 fully saturated rings. The molecule has 4 rings (SSSR count). The Hall–Kier alpha value is -2.34. The topological polar surface area (TPSA) is 0 Å². The molecular weight excluding hydrogens is 288 g/mol. The first-order valence-corrected chi connectivity index (χ1v) is 8.79. The van der Waals surface area contributed by atoms with Crippen molar-refractivity contribution in [1.29, 1.82) is 0 Å². The van der Waals surface area contributed by atoms with Crippen LogP contribution in [0, 0.1) is 12.0 Å². The van der Waals surface area contributed by atoms with Crippen LogP contribution in [0.4, 0.5) is 0 Å². The largest absolute Gasteiger partial charge is 0.0685 e. The zero-order valence-electron chi connectivity index (χ0n) is 14.9. The maximum Gasteiger partial charge on any atom is 0.0361 e. The molecule has 0 saturated carbocycles. The molecule has 0 N–H and O–H groups in total. The van der Waals surface area contributed by atoms with Crippen LogP contribution < -0.4 is 0 Å². The van der Waals surface area contributed by atoms with E-state index in [9.17, 15) is 0 Å². The molecule has 0 aliphatic heterocycles. The molecule has 0 heteroatoms. The Morgan fingerprint density at radius 3 is 1.92 bits per heavy atom. The van der Waals surface area contributed by atoms with Gasteiger partial charge in [-0.3, -0.25) is 0 Å². The third-order valence-electron chi connectivity index (χ3n) is 5.16. The molecule has 0 saturated heterocycles. The van der Waals surface area contributed by atoms with E-state index in [1.165, 1.54) is 44.5 Å². The molecule has 119 valence electrons. The van der Waals surface area contributed by atoms with Gasteiger partial charge >= 0.3 is 0 Å². The first kappa shape index (κ1) is 15.2. The van der Waals surface area contributed by atoms with Gasteiger partial charge in [-0.1, -0.05) is 74.0 Å². The van der Waals surface area contributed by atoms with Gasteiger partial charge in [-0.05, 0) is 64.8 Å². The highest BCUT2D eigenvalue weighted by atomic mass is 14.4. The summed E-state index contributed by atoms with van der Waals surface area (Å²) in [5, 5.41) is 0. The standard InChI is InChI=1S/C24H23/c1-15(2)17-13-22(16(3)4)23(14-17)24-20-11-7-5-9-18(20)19-10-6-8-12-21(19)24/h5-13,16,24H,1-4H3. The molecule has 0 spiro atoms. The van der Waals surface area contributed by atoms with Crippen molar-refractivity contribution in [1.82, 2.24) is 0 Å². The van der Waals surface area contributed by atoms with E-state index in [4.69, 9.17) is 0 Å². The molecule has 0 nitrogen and oxygen atoms in total. The highest BCUT2D eigenvalue weighted by Gasteiger charge is 2.34. The molecule has 1 radical (unpaired) electrons. The van der Waals surface area contributed by atoms with Crippen molar-refractivity contribution in [3.05, 3.63) is 94.1 Å². The van der Waals surface area contributed by atoms with Crippen molar-refractivity contribution in [2.75, 3.05) is 0 Å². The van der Waals surface area contributed by atoms with Gasteiger partial charge in [0, 0.05) is 5.92 Å². The lowest BCUT2D eigenvalue weighted by Crippen LogP contribution is -2.06. The molecule has 0 amide bonds. The first-order valence-electron chi connectivity index (χ1n) is 8.79. The van der Waals surface area contributed by atoms with Crippen molar-refractivity contribution in [2.45, 2.75) is 33.6 Å². The number of benzene rings is 2. The zero-order chi connectivity index (χ0) is 16.8. The highest BCUT2D eigenvalue weighted by Crippen LogP contribution is 2.51. The van der Waals surface area contributed by atoms with Crippen molar-refractivity contribution in [3.8, 4) is 11.1 Å². The fraction of sp³-hybridized carbons (Fsp3) is 0.250. The summed E-state index contributed by atoms with van der Waals surface area (Å²) in [5.41, 5.74) is 11.0. The van der Waals surface area contributed by atoms with Gasteiger partial charge in [0.1, 0.15) is 0 Å². The predicted octanol–water partition coefficient (Wildman–Crippen LogP) is 6.46. The summed E-state index contributed by atoms with van der Waals surface area (Å²) in [5.74, 6) is 0.812. The van der Waals surface area contributed by atoms with E-state index in [2.05, 4.69) is 88.4 Å². The van der Waals surface area contributed by atoms with E-state index in [0.29, 0.717) is 11.8 Å². The minimum atomic E-state index is 0.308. The summed E-state index contributed by atoms with van der Waals surface area (Å²) < 4.78 is 0. The second-order valence-electron chi connectivity index (χ2n) is 7.31. The molecule has 0 atom stereocenters. The summed E-state index contributed by atoms with van der Waals surface area (Å²) in [6, 6.07) is 17.7. The van der Waals surface area contributed by atoms with Crippen LogP contribution in [0.15, 0.2) is 76.9 Å². The number of hydrogen-bond donors (Lipinski definition) is 0. The summed E-state index contributed by atoms with van der Waals surface area (Å²) in [6.07, 6.45) is 6.10. The Morgan fingerprint density at radius 2 is 1.42 bits per heavy atom. The maximum absolute atomic E-state index is 3.75. The Labute approximate surface area is 145 Å². The number of allylic oxidation sites excluding steroid dienone is 6. The van der Waals surface area contributed by atoms with Crippen LogP contribution in [0.2, 0.25) is 0 Å². The van der Waals surface area contributed by atoms with Gasteiger partial charge in [0.25, 0.3) is 0 Å². The Morgan fingerprint density at radius 1 is 0.875 bits per heavy atom. The summed E-state index contributed by atoms with van der Waals surface area (Å²) in [7, 11) is 0. The highest BCUT2D eigenvalue weighted by molar-refractivity contribution is 5.81. The third kappa shape index (κ3) is 2.21. The van der Waals surface area contributed by atoms with Crippen LogP contribution in [0.3, 0.4) is 0 Å². The van der Waals surface area contributed by atoms with Gasteiger partial charge in [0.2, 0.25) is 0 Å². The molecule has 0 heterocycles. The van der Waals surface area contributed by atoms with Gasteiger partial charge in [-0.2, -0.15) is 0 Å². The molecule has 2 aromatic carbocycles. The van der Waals surface area contributed by atoms with E-state index in [-0.39, 0.29) is 0 Å². The molecule has 0 bridgehead atoms. The smallest absolute Gasteiger partial charge is 0.0361 e. The van der Waals surface area contributed by atoms with Crippen LogP contribution in [0.5, 0.6) is 0 Å². The minimum absolute atomic E-state index is 0.308. The fourth-order valence-electron chi connectivity index (χ4n) is 3.94. The quantitative estimate of drug-likeness (QED) is 0.597. The first-order chi connectivity index (χ1) is 11.6. The molecule has 2 aliphatic rings. The Balaban J connectivity index is 1.96. The van der Waals surface area contributed by atoms with Gasteiger partial charge in [0.05, 0.1) is 0 Å². The Bertz CT molecular complexity index is 854. The second-order valence-corrected chi connectivity index (χ2v) is 7.31. The summed E-state index contributed by atoms with van der Waals surface area (Å²) >= 11 is 0. The average molecular weight is 311 g/mol. The molecule has 2 aliphatic carbocycles. The normalized spacial score (nSPS) is 16.1. The second kappa shape index (κ2) is 5.63. The number of fused-ring (bicyclic) bond motifs is 3. The molecule has 0 aromatic heterocycles. The fourth-order valence-corrected chi connectivity index (χ4v) is 3.94. The lowest BCUT2D eigenvalue weighted by molar-refractivity contribution is 0.761. The monoisotopic (exact) mass is 311 g/mol. The molecule has 0 unspecified atom stereocenters. The van der Waals surface area contributed by atoms with Gasteiger partial charge in [0.15, 0.2) is 0 Å². The van der Waals surface area contributed by atoms with Crippen molar-refractivity contribution in [3.63, 3.8) is 0 Å². The summed E-state index contributed by atoms with van der Waals surface area (Å²) in [4.78, 5) is 0. The molecule has 24 heavy (non-hydrogen) atoms. The van der Waals surface area contributed by atoms with Crippen LogP contribution in [-0.2, 0) is 0 Å². The van der Waals surface area contributed by atoms with E-state index in [1.807, 2.05) is 0 Å². The predicted molar refractivity (Wildman–Crippen MR) is 102 cm³/mol. The Kier molecular flexibility index (Phi) is 3.57. The van der Waals surface area contributed by atoms with Crippen LogP contribution >= 0.6 is 0 Å². The van der Waals surface area contributed by atoms with Crippen LogP contribution in [0.1, 0.15) is 44.7 Å². The summed E-state index contributed by atoms with van der Waals surface area (Å²) in [6.45, 7) is 8.93. The lowest BCUT2D eigenvalue weighted by Gasteiger charge is -2.20. The van der Waals surface area contributed by atoms with Gasteiger partial charge in [-0.15, -0.1) is 0 Å². The number of rotatable bonds is 2. The van der Waals surface area contributed by atoms with Crippen LogP contribution in [0.25, 0.3) is 11.1 Å². The van der Waals surface area contributed by atoms with Crippen molar-refractivity contribution in [2.24, 2.45) is 5.92 Å². The van der Waals surface area contributed by atoms with Crippen LogP contribution in [-0.4, -0.2) is 0 Å². The lowest BCUT2D eigenvalue weighted by atomic mass is 9.83. The average Bonchev–Trinajstić information content (AvgIpc) is 3.14. The van der Waals surface area contributed by atoms with Gasteiger partial charge in [-0.25, -0.2) is 0 Å².